The average molecular weight is 394 g/mol. The number of likely N-dealkylation sites (tertiary alicyclic amines) is 1. The number of H-pyrrole nitrogens is 1. The molecule has 5 heterocycles. The zero-order chi connectivity index (χ0) is 19.8. The number of hydrogen-bond donors (Lipinski definition) is 1. The van der Waals surface area contributed by atoms with E-state index in [0.29, 0.717) is 11.4 Å². The summed E-state index contributed by atoms with van der Waals surface area (Å²) < 4.78 is 7.25. The molecule has 0 spiro atoms. The van der Waals surface area contributed by atoms with Gasteiger partial charge >= 0.3 is 0 Å². The highest BCUT2D eigenvalue weighted by Crippen LogP contribution is 2.31. The van der Waals surface area contributed by atoms with Crippen LogP contribution in [0.4, 0.5) is 0 Å². The molecule has 0 saturated carbocycles. The number of rotatable bonds is 4. The van der Waals surface area contributed by atoms with E-state index in [2.05, 4.69) is 32.8 Å². The maximum Gasteiger partial charge on any atom is 0.276 e. The van der Waals surface area contributed by atoms with Crippen molar-refractivity contribution in [3.63, 3.8) is 0 Å². The van der Waals surface area contributed by atoms with Gasteiger partial charge in [-0.15, -0.1) is 0 Å². The number of pyridine rings is 1. The van der Waals surface area contributed by atoms with E-state index in [1.807, 2.05) is 18.3 Å². The van der Waals surface area contributed by atoms with Crippen molar-refractivity contribution in [2.45, 2.75) is 38.1 Å². The molecule has 0 aliphatic carbocycles. The lowest BCUT2D eigenvalue weighted by molar-refractivity contribution is 0.0832. The summed E-state index contributed by atoms with van der Waals surface area (Å²) in [5.74, 6) is 2.50. The minimum absolute atomic E-state index is 0.115. The van der Waals surface area contributed by atoms with E-state index in [4.69, 9.17) is 9.84 Å². The van der Waals surface area contributed by atoms with Crippen LogP contribution in [-0.2, 0) is 11.3 Å². The van der Waals surface area contributed by atoms with Crippen molar-refractivity contribution in [3.8, 4) is 0 Å². The van der Waals surface area contributed by atoms with E-state index in [9.17, 15) is 4.79 Å². The van der Waals surface area contributed by atoms with Gasteiger partial charge in [0.15, 0.2) is 5.52 Å². The van der Waals surface area contributed by atoms with Gasteiger partial charge in [0.1, 0.15) is 11.6 Å². The third-order valence-electron chi connectivity index (χ3n) is 6.18. The van der Waals surface area contributed by atoms with Gasteiger partial charge in [-0.3, -0.25) is 14.7 Å². The van der Waals surface area contributed by atoms with Crippen LogP contribution in [0.2, 0.25) is 0 Å². The van der Waals surface area contributed by atoms with Gasteiger partial charge in [0, 0.05) is 50.9 Å². The van der Waals surface area contributed by atoms with Crippen LogP contribution in [0, 0.1) is 5.92 Å². The fourth-order valence-electron chi connectivity index (χ4n) is 4.61. The summed E-state index contributed by atoms with van der Waals surface area (Å²) in [7, 11) is 0. The second kappa shape index (κ2) is 7.68. The number of hydrogen-bond acceptors (Lipinski definition) is 6. The summed E-state index contributed by atoms with van der Waals surface area (Å²) in [5.41, 5.74) is 1.47. The lowest BCUT2D eigenvalue weighted by atomic mass is 9.97. The van der Waals surface area contributed by atoms with E-state index in [1.54, 1.807) is 10.7 Å². The molecule has 2 aliphatic heterocycles. The van der Waals surface area contributed by atoms with Crippen LogP contribution < -0.4 is 5.56 Å². The average Bonchev–Trinajstić information content (AvgIpc) is 3.33. The van der Waals surface area contributed by atoms with Gasteiger partial charge in [0.25, 0.3) is 5.56 Å². The lowest BCUT2D eigenvalue weighted by Crippen LogP contribution is -2.24. The first kappa shape index (κ1) is 18.4. The number of imidazole rings is 1. The summed E-state index contributed by atoms with van der Waals surface area (Å²) in [6.07, 6.45) is 5.31. The second-order valence-electron chi connectivity index (χ2n) is 8.24. The highest BCUT2D eigenvalue weighted by atomic mass is 16.5. The van der Waals surface area contributed by atoms with Gasteiger partial charge in [-0.1, -0.05) is 13.0 Å². The van der Waals surface area contributed by atoms with Crippen molar-refractivity contribution in [2.75, 3.05) is 26.3 Å². The fraction of sp³-hybridized carbons (Fsp3) is 0.524. The first-order valence-electron chi connectivity index (χ1n) is 10.4. The molecule has 0 amide bonds. The first-order chi connectivity index (χ1) is 14.2. The number of aromatic amines is 1. The third kappa shape index (κ3) is 3.58. The van der Waals surface area contributed by atoms with Crippen molar-refractivity contribution >= 4 is 5.52 Å². The van der Waals surface area contributed by atoms with Crippen LogP contribution in [-0.4, -0.2) is 55.8 Å². The molecule has 0 radical (unpaired) electrons. The van der Waals surface area contributed by atoms with Gasteiger partial charge in [-0.2, -0.15) is 5.10 Å². The van der Waals surface area contributed by atoms with Crippen molar-refractivity contribution in [3.05, 3.63) is 58.3 Å². The Labute approximate surface area is 168 Å². The molecule has 3 aromatic rings. The van der Waals surface area contributed by atoms with E-state index >= 15 is 0 Å². The maximum absolute atomic E-state index is 12.7. The summed E-state index contributed by atoms with van der Waals surface area (Å²) in [6.45, 7) is 6.32. The first-order valence-corrected chi connectivity index (χ1v) is 10.4. The highest BCUT2D eigenvalue weighted by molar-refractivity contribution is 5.42. The summed E-state index contributed by atoms with van der Waals surface area (Å²) in [5, 5.41) is 4.86. The Balaban J connectivity index is 1.43. The molecular formula is C21H26N6O2. The normalized spacial score (nSPS) is 23.8. The molecule has 0 bridgehead atoms. The van der Waals surface area contributed by atoms with E-state index in [0.717, 1.165) is 63.0 Å². The topological polar surface area (TPSA) is 88.4 Å². The van der Waals surface area contributed by atoms with Crippen LogP contribution in [0.1, 0.15) is 48.9 Å². The predicted octanol–water partition coefficient (Wildman–Crippen LogP) is 1.94. The number of aromatic nitrogens is 5. The second-order valence-corrected chi connectivity index (χ2v) is 8.24. The SMILES string of the molecule is CC1CN(Cc2ccccn2)CC1c1nn2c(C3CCOCC3)ncc2c(=O)[nH]1. The Morgan fingerprint density at radius 1 is 1.21 bits per heavy atom. The molecule has 29 heavy (non-hydrogen) atoms. The predicted molar refractivity (Wildman–Crippen MR) is 108 cm³/mol. The number of ether oxygens (including phenoxy) is 1. The third-order valence-corrected chi connectivity index (χ3v) is 6.18. The van der Waals surface area contributed by atoms with Crippen molar-refractivity contribution < 1.29 is 4.74 Å². The zero-order valence-corrected chi connectivity index (χ0v) is 16.6. The molecule has 8 heteroatoms. The Morgan fingerprint density at radius 2 is 2.07 bits per heavy atom. The van der Waals surface area contributed by atoms with E-state index in [1.165, 1.54) is 0 Å². The minimum Gasteiger partial charge on any atom is -0.381 e. The molecule has 2 aliphatic rings. The maximum atomic E-state index is 12.7. The van der Waals surface area contributed by atoms with E-state index in [-0.39, 0.29) is 17.4 Å². The Morgan fingerprint density at radius 3 is 2.86 bits per heavy atom. The minimum atomic E-state index is -0.115. The Hall–Kier alpha value is -2.58. The van der Waals surface area contributed by atoms with E-state index < -0.39 is 0 Å². The Bertz CT molecular complexity index is 1040. The largest absolute Gasteiger partial charge is 0.381 e. The molecule has 2 fully saturated rings. The van der Waals surface area contributed by atoms with Crippen LogP contribution in [0.15, 0.2) is 35.4 Å². The standard InChI is InChI=1S/C21H26N6O2/c1-14-11-26(12-16-4-2-3-7-22-16)13-17(14)19-24-21(28)18-10-23-20(27(18)25-19)15-5-8-29-9-6-15/h2-4,7,10,14-15,17H,5-6,8-9,11-13H2,1H3,(H,24,25,28). The van der Waals surface area contributed by atoms with Crippen LogP contribution >= 0.6 is 0 Å². The molecule has 8 nitrogen and oxygen atoms in total. The summed E-state index contributed by atoms with van der Waals surface area (Å²) in [6, 6.07) is 6.00. The van der Waals surface area contributed by atoms with Crippen molar-refractivity contribution in [2.24, 2.45) is 5.92 Å². The molecule has 2 saturated heterocycles. The summed E-state index contributed by atoms with van der Waals surface area (Å²) >= 11 is 0. The van der Waals surface area contributed by atoms with Crippen molar-refractivity contribution in [1.29, 1.82) is 0 Å². The van der Waals surface area contributed by atoms with Crippen molar-refractivity contribution in [1.82, 2.24) is 29.5 Å². The molecule has 0 aromatic carbocycles. The van der Waals surface area contributed by atoms with Gasteiger partial charge < -0.3 is 9.72 Å². The molecule has 3 aromatic heterocycles. The number of fused-ring (bicyclic) bond motifs is 1. The molecule has 2 unspecified atom stereocenters. The molecule has 2 atom stereocenters. The molecule has 5 rings (SSSR count). The lowest BCUT2D eigenvalue weighted by Gasteiger charge is -2.21. The number of nitrogens with one attached hydrogen (secondary N) is 1. The Kier molecular flexibility index (Phi) is 4.89. The zero-order valence-electron chi connectivity index (χ0n) is 16.6. The highest BCUT2D eigenvalue weighted by Gasteiger charge is 2.33. The van der Waals surface area contributed by atoms with Gasteiger partial charge in [0.05, 0.1) is 11.9 Å². The molecular weight excluding hydrogens is 368 g/mol. The summed E-state index contributed by atoms with van der Waals surface area (Å²) in [4.78, 5) is 27.1. The van der Waals surface area contributed by atoms with Gasteiger partial charge in [-0.25, -0.2) is 9.50 Å². The van der Waals surface area contributed by atoms with Crippen LogP contribution in [0.5, 0.6) is 0 Å². The fourth-order valence-corrected chi connectivity index (χ4v) is 4.61. The van der Waals surface area contributed by atoms with Gasteiger partial charge in [-0.05, 0) is 30.9 Å². The smallest absolute Gasteiger partial charge is 0.276 e. The molecule has 1 N–H and O–H groups in total. The van der Waals surface area contributed by atoms with Gasteiger partial charge in [0.2, 0.25) is 0 Å². The van der Waals surface area contributed by atoms with Crippen LogP contribution in [0.25, 0.3) is 5.52 Å². The monoisotopic (exact) mass is 394 g/mol. The number of nitrogens with zero attached hydrogens (tertiary/aromatic N) is 5. The quantitative estimate of drug-likeness (QED) is 0.728. The molecule has 152 valence electrons. The van der Waals surface area contributed by atoms with Crippen LogP contribution in [0.3, 0.4) is 0 Å².